The number of hydrogen-bond donors (Lipinski definition) is 13. The number of aromatic nitrogens is 20. The number of anilines is 10. The van der Waals surface area contributed by atoms with Gasteiger partial charge in [-0.3, -0.25) is 35.1 Å². The Bertz CT molecular complexity index is 7040. The van der Waals surface area contributed by atoms with E-state index < -0.39 is 30.1 Å². The Hall–Kier alpha value is -14.0. The molecule has 0 amide bonds. The Morgan fingerprint density at radius 2 is 1.03 bits per heavy atom. The number of ketones is 2. The summed E-state index contributed by atoms with van der Waals surface area (Å²) in [5.74, 6) is 17.8. The van der Waals surface area contributed by atoms with Crippen LogP contribution >= 0.6 is 22.7 Å². The van der Waals surface area contributed by atoms with Crippen LogP contribution in [-0.4, -0.2) is 165 Å². The van der Waals surface area contributed by atoms with Crippen LogP contribution in [0.5, 0.6) is 0 Å². The molecule has 14 aromatic rings. The molecular weight excluding hydrogens is 1790 g/mol. The third-order valence-electron chi connectivity index (χ3n) is 22.1. The highest BCUT2D eigenvalue weighted by molar-refractivity contribution is 7.91. The van der Waals surface area contributed by atoms with Gasteiger partial charge in [-0.25, -0.2) is 89.7 Å². The van der Waals surface area contributed by atoms with E-state index in [4.69, 9.17) is 29.1 Å². The summed E-state index contributed by atoms with van der Waals surface area (Å²) >= 11 is 2.45. The summed E-state index contributed by atoms with van der Waals surface area (Å²) in [4.78, 5) is 69.8. The molecule has 0 bridgehead atoms. The second-order valence-electron chi connectivity index (χ2n) is 32.4. The predicted molar refractivity (Wildman–Crippen MR) is 513 cm³/mol. The Balaban J connectivity index is 0.000000153. The summed E-state index contributed by atoms with van der Waals surface area (Å²) in [5.41, 5.74) is 10.2. The van der Waals surface area contributed by atoms with Crippen LogP contribution in [-0.2, 0) is 41.2 Å². The standard InChI is InChI=1S/C20H24N6O3S.C18H16N6O2S.C18H15N5OS.C18H23N5O.C17H16N6O2S2.4H2/c1-29-11-10-22-30(27,28)18-6-4-15(5-7-18)23-20-21-9-8-16(24-20)12-17-13-19(26-25-17)14-2-3-14;1-2-11-10-20-17(13-4-3-5-14(8-13)27(19,25)26)22-18(11)21-16-9-15(23-24-16)12-6-7-12;1-3-11-9-19-18(15-7-6-14(25-15)10(2)24)21-17(11)20-16-8-13(22-23-16)12-4-5-12;24-15(10-12-4-2-1-3-5-12)18-19-9-8-16(21-18)20-17-11-14(22-23-17)13-6-7-13;1-3-10-9-19-17(13-6-7-15(26-13)27(24,25)18-2)21-16(10)20-14-8-12(22-23-14)11-4-5-11;;;;/h4-9,13-14,22H,2-3,10-12H2,1H3,(H,25,26)(H,21,23,24);1,3-5,8-10,12H,6-7H2,(H2,19,25,26)(H2,20,21,22,23,24);1,6-9,12H,4-5H2,2H3,(H2,19,20,21,22,23);8-9,11-13H,1-7,10H2,(H2,19,20,21,22,23);1,6-9,11,18H,4-5H2,2H3,(H2,19,20,21,22,23);4*1H. The van der Waals surface area contributed by atoms with Gasteiger partial charge in [0.1, 0.15) is 10.0 Å². The predicted octanol–water partition coefficient (Wildman–Crippen LogP) is 15.6. The molecule has 0 aliphatic heterocycles. The van der Waals surface area contributed by atoms with Crippen molar-refractivity contribution in [3.63, 3.8) is 0 Å². The zero-order valence-electron chi connectivity index (χ0n) is 72.5. The number of ether oxygens (including phenoxy) is 1. The van der Waals surface area contributed by atoms with Gasteiger partial charge in [-0.15, -0.1) is 41.9 Å². The molecule has 6 saturated carbocycles. The zero-order valence-corrected chi connectivity index (χ0v) is 76.6. The molecule has 0 unspecified atom stereocenters. The Kier molecular flexibility index (Phi) is 28.9. The van der Waals surface area contributed by atoms with Crippen molar-refractivity contribution in [3.8, 4) is 69.8 Å². The number of nitrogens with zero attached hydrogens (tertiary/aromatic N) is 15. The molecule has 0 saturated heterocycles. The number of primary sulfonamides is 1. The second-order valence-corrected chi connectivity index (χ2v) is 40.0. The van der Waals surface area contributed by atoms with Gasteiger partial charge in [0.2, 0.25) is 36.0 Å². The molecule has 0 radical (unpaired) electrons. The molecule has 690 valence electrons. The Morgan fingerprint density at radius 3 is 1.54 bits per heavy atom. The molecular formula is C91H102N28O9S5. The maximum atomic E-state index is 12.4. The van der Waals surface area contributed by atoms with Gasteiger partial charge >= 0.3 is 0 Å². The first-order chi connectivity index (χ1) is 64.4. The van der Waals surface area contributed by atoms with Crippen molar-refractivity contribution < 1.29 is 45.3 Å². The molecule has 133 heavy (non-hydrogen) atoms. The highest BCUT2D eigenvalue weighted by atomic mass is 32.2. The normalized spacial score (nSPS) is 14.7. The topological polar surface area (TPSA) is 528 Å². The molecule has 37 nitrogen and oxygen atoms in total. The van der Waals surface area contributed by atoms with E-state index in [-0.39, 0.29) is 37.8 Å². The molecule has 12 heterocycles. The fourth-order valence-electron chi connectivity index (χ4n) is 14.1. The van der Waals surface area contributed by atoms with Crippen LogP contribution in [0.3, 0.4) is 0 Å². The summed E-state index contributed by atoms with van der Waals surface area (Å²) < 4.78 is 81.3. The van der Waals surface area contributed by atoms with E-state index in [2.05, 4.69) is 161 Å². The van der Waals surface area contributed by atoms with Crippen molar-refractivity contribution in [2.24, 2.45) is 11.1 Å². The number of nitrogens with one attached hydrogen (secondary N) is 12. The summed E-state index contributed by atoms with van der Waals surface area (Å²) in [5, 5.41) is 57.5. The second kappa shape index (κ2) is 41.6. The van der Waals surface area contributed by atoms with Crippen LogP contribution in [0.2, 0.25) is 0 Å². The van der Waals surface area contributed by atoms with E-state index >= 15 is 0 Å². The lowest BCUT2D eigenvalue weighted by Crippen LogP contribution is -2.27. The molecule has 6 aliphatic rings. The summed E-state index contributed by atoms with van der Waals surface area (Å²) in [6.45, 7) is 2.07. The first-order valence-electron chi connectivity index (χ1n) is 43.1. The number of hydrogen-bond acceptors (Lipinski definition) is 31. The molecule has 6 aliphatic carbocycles. The third kappa shape index (κ3) is 25.0. The number of H-pyrrole nitrogens is 5. The van der Waals surface area contributed by atoms with Crippen molar-refractivity contribution in [1.29, 1.82) is 0 Å². The van der Waals surface area contributed by atoms with Crippen molar-refractivity contribution in [3.05, 3.63) is 213 Å². The number of Topliss-reactive ketones (excluding diaryl/α,β-unsaturated/α-hetero) is 2. The van der Waals surface area contributed by atoms with Gasteiger partial charge < -0.3 is 31.3 Å². The van der Waals surface area contributed by atoms with Gasteiger partial charge in [-0.2, -0.15) is 25.5 Å². The van der Waals surface area contributed by atoms with Crippen LogP contribution in [0.1, 0.15) is 222 Å². The van der Waals surface area contributed by atoms with Crippen molar-refractivity contribution in [2.45, 2.75) is 160 Å². The third-order valence-corrected chi connectivity index (χ3v) is 28.6. The smallest absolute Gasteiger partial charge is 0.249 e. The highest BCUT2D eigenvalue weighted by Crippen LogP contribution is 2.44. The summed E-state index contributed by atoms with van der Waals surface area (Å²) in [7, 11) is -8.00. The number of rotatable bonds is 32. The number of thiophene rings is 2. The van der Waals surface area contributed by atoms with Gasteiger partial charge in [-0.05, 0) is 163 Å². The van der Waals surface area contributed by atoms with Crippen molar-refractivity contribution in [2.75, 3.05) is 53.9 Å². The first-order valence-corrected chi connectivity index (χ1v) is 49.2. The largest absolute Gasteiger partial charge is 0.383 e. The SMILES string of the molecule is C#Cc1cnc(-c2ccc(C(C)=O)s2)nc1Nc1cc(C2CC2)[nH]n1.C#Cc1cnc(-c2ccc(S(=O)(=O)NC)s2)nc1Nc1cc(C2CC2)[nH]n1.C#Cc1cnc(-c2cccc(S(N)(=O)=O)c2)nc1Nc1cc(C2CC2)[nH]n1.COCCNS(=O)(=O)c1ccc(Nc2nccc(Cc3cc(C4CC4)n[nH]3)n2)cc1.O=C(CC1CCCCC1)c1nccc(Nc2cc(C3CC3)[nH]n2)n1.[HH].[HH].[HH].[HH]. The van der Waals surface area contributed by atoms with E-state index in [1.54, 1.807) is 68.0 Å². The zero-order chi connectivity index (χ0) is 92.8. The molecule has 42 heteroatoms. The molecule has 20 rings (SSSR count). The van der Waals surface area contributed by atoms with Crippen LogP contribution in [0.4, 0.5) is 58.2 Å². The van der Waals surface area contributed by atoms with E-state index in [0.29, 0.717) is 163 Å². The number of terminal acetylenes is 3. The average molecular weight is 1890 g/mol. The van der Waals surface area contributed by atoms with Crippen LogP contribution in [0, 0.1) is 42.9 Å². The van der Waals surface area contributed by atoms with E-state index in [1.807, 2.05) is 36.4 Å². The Labute approximate surface area is 781 Å². The minimum absolute atomic E-state index is 0. The summed E-state index contributed by atoms with van der Waals surface area (Å²) in [6.07, 6.45) is 43.9. The maximum absolute atomic E-state index is 12.4. The lowest BCUT2D eigenvalue weighted by Gasteiger charge is -2.20. The molecule has 0 spiro atoms. The number of aromatic amines is 5. The lowest BCUT2D eigenvalue weighted by molar-refractivity contribution is 0.0939. The highest BCUT2D eigenvalue weighted by Gasteiger charge is 2.31. The minimum atomic E-state index is -3.82. The number of nitrogens with two attached hydrogens (primary N) is 1. The molecule has 14 N–H and O–H groups in total. The van der Waals surface area contributed by atoms with E-state index in [9.17, 15) is 34.8 Å². The van der Waals surface area contributed by atoms with E-state index in [0.717, 1.165) is 81.9 Å². The minimum Gasteiger partial charge on any atom is -0.383 e. The number of benzene rings is 2. The van der Waals surface area contributed by atoms with Gasteiger partial charge in [0.15, 0.2) is 75.6 Å². The fraction of sp³-hybridized carbons (Fsp3) is 0.308. The molecule has 0 atom stereocenters. The Morgan fingerprint density at radius 1 is 0.511 bits per heavy atom. The van der Waals surface area contributed by atoms with Gasteiger partial charge in [-0.1, -0.05) is 62.0 Å². The van der Waals surface area contributed by atoms with Gasteiger partial charge in [0.05, 0.1) is 59.1 Å². The van der Waals surface area contributed by atoms with Crippen molar-refractivity contribution >= 4 is 122 Å². The van der Waals surface area contributed by atoms with Gasteiger partial charge in [0.25, 0.3) is 0 Å². The maximum Gasteiger partial charge on any atom is 0.249 e. The van der Waals surface area contributed by atoms with Crippen LogP contribution < -0.4 is 41.2 Å². The molecule has 6 fully saturated rings. The number of carbonyl (C=O) groups is 2. The van der Waals surface area contributed by atoms with E-state index in [1.165, 1.54) is 145 Å². The number of methoxy groups -OCH3 is 1. The summed E-state index contributed by atoms with van der Waals surface area (Å²) in [6, 6.07) is 33.0. The van der Waals surface area contributed by atoms with Crippen LogP contribution in [0.15, 0.2) is 160 Å². The quantitative estimate of drug-likeness (QED) is 0.0106. The lowest BCUT2D eigenvalue weighted by atomic mass is 9.86. The van der Waals surface area contributed by atoms with Gasteiger partial charge in [0, 0.05) is 157 Å². The fourth-order valence-corrected chi connectivity index (χ4v) is 18.6. The van der Waals surface area contributed by atoms with Crippen LogP contribution in [0.25, 0.3) is 32.8 Å². The number of sulfonamides is 3. The number of carbonyl (C=O) groups excluding carboxylic acids is 2. The average Bonchev–Trinajstić information content (AvgIpc) is 1.79. The van der Waals surface area contributed by atoms with Crippen molar-refractivity contribution in [1.82, 2.24) is 110 Å². The first kappa shape index (κ1) is 92.3. The molecule has 2 aromatic carbocycles. The molecule has 12 aromatic heterocycles. The monoisotopic (exact) mass is 1890 g/mol.